The standard InChI is InChI=1S/C23H22N2O2/c1-17-12-13-22(18(2)14-17)25(23(26)20-9-5-4-6-10-20)24-16-19-8-7-11-21(15-19)27-3/h4-16H,1-3H3/b24-16-. The van der Waals surface area contributed by atoms with Gasteiger partial charge in [0.25, 0.3) is 5.91 Å². The van der Waals surface area contributed by atoms with Crippen LogP contribution in [0.4, 0.5) is 5.69 Å². The predicted octanol–water partition coefficient (Wildman–Crippen LogP) is 4.99. The van der Waals surface area contributed by atoms with Crippen molar-refractivity contribution in [3.8, 4) is 5.75 Å². The van der Waals surface area contributed by atoms with Crippen LogP contribution < -0.4 is 9.75 Å². The van der Waals surface area contributed by atoms with Crippen LogP contribution in [0.5, 0.6) is 5.75 Å². The lowest BCUT2D eigenvalue weighted by atomic mass is 10.1. The van der Waals surface area contributed by atoms with Crippen molar-refractivity contribution >= 4 is 17.8 Å². The number of benzene rings is 3. The molecular formula is C23H22N2O2. The predicted molar refractivity (Wildman–Crippen MR) is 110 cm³/mol. The summed E-state index contributed by atoms with van der Waals surface area (Å²) in [6.07, 6.45) is 1.67. The molecule has 0 N–H and O–H groups in total. The van der Waals surface area contributed by atoms with Gasteiger partial charge in [-0.1, -0.05) is 48.0 Å². The van der Waals surface area contributed by atoms with E-state index in [1.807, 2.05) is 74.5 Å². The first-order chi connectivity index (χ1) is 13.1. The third kappa shape index (κ3) is 4.42. The van der Waals surface area contributed by atoms with Crippen molar-refractivity contribution < 1.29 is 9.53 Å². The van der Waals surface area contributed by atoms with Gasteiger partial charge in [-0.3, -0.25) is 4.79 Å². The fraction of sp³-hybridized carbons (Fsp3) is 0.130. The fourth-order valence-corrected chi connectivity index (χ4v) is 2.82. The highest BCUT2D eigenvalue weighted by molar-refractivity contribution is 6.07. The van der Waals surface area contributed by atoms with Crippen LogP contribution in [0.3, 0.4) is 0 Å². The summed E-state index contributed by atoms with van der Waals surface area (Å²) < 4.78 is 5.25. The van der Waals surface area contributed by atoms with E-state index in [9.17, 15) is 4.79 Å². The molecule has 27 heavy (non-hydrogen) atoms. The Bertz CT molecular complexity index is 965. The number of amides is 1. The SMILES string of the molecule is COc1cccc(/C=N\N(C(=O)c2ccccc2)c2ccc(C)cc2C)c1. The molecule has 3 rings (SSSR count). The van der Waals surface area contributed by atoms with Gasteiger partial charge in [-0.15, -0.1) is 0 Å². The second kappa shape index (κ2) is 8.32. The number of nitrogens with zero attached hydrogens (tertiary/aromatic N) is 2. The molecule has 0 fully saturated rings. The molecule has 0 unspecified atom stereocenters. The van der Waals surface area contributed by atoms with Gasteiger partial charge in [-0.05, 0) is 55.3 Å². The summed E-state index contributed by atoms with van der Waals surface area (Å²) in [5.41, 5.74) is 4.32. The lowest BCUT2D eigenvalue weighted by Crippen LogP contribution is -2.26. The summed E-state index contributed by atoms with van der Waals surface area (Å²) in [6.45, 7) is 4.01. The van der Waals surface area contributed by atoms with Crippen LogP contribution in [0.2, 0.25) is 0 Å². The quantitative estimate of drug-likeness (QED) is 0.476. The molecule has 0 saturated heterocycles. The van der Waals surface area contributed by atoms with E-state index in [0.717, 1.165) is 28.1 Å². The minimum Gasteiger partial charge on any atom is -0.497 e. The molecular weight excluding hydrogens is 336 g/mol. The van der Waals surface area contributed by atoms with Crippen LogP contribution in [-0.4, -0.2) is 19.2 Å². The van der Waals surface area contributed by atoms with Gasteiger partial charge in [0.1, 0.15) is 5.75 Å². The molecule has 0 bridgehead atoms. The molecule has 0 heterocycles. The zero-order valence-corrected chi connectivity index (χ0v) is 15.7. The molecule has 0 aliphatic carbocycles. The minimum absolute atomic E-state index is 0.179. The number of aryl methyl sites for hydroxylation is 2. The van der Waals surface area contributed by atoms with Crippen LogP contribution in [0.15, 0.2) is 77.9 Å². The monoisotopic (exact) mass is 358 g/mol. The molecule has 0 aromatic heterocycles. The summed E-state index contributed by atoms with van der Waals surface area (Å²) in [5, 5.41) is 5.96. The van der Waals surface area contributed by atoms with Crippen LogP contribution in [0.1, 0.15) is 27.0 Å². The zero-order chi connectivity index (χ0) is 19.2. The number of hydrogen-bond acceptors (Lipinski definition) is 3. The van der Waals surface area contributed by atoms with Gasteiger partial charge in [0.05, 0.1) is 19.0 Å². The number of carbonyl (C=O) groups is 1. The van der Waals surface area contributed by atoms with Crippen molar-refractivity contribution in [3.63, 3.8) is 0 Å². The molecule has 0 aliphatic rings. The second-order valence-electron chi connectivity index (χ2n) is 6.29. The smallest absolute Gasteiger partial charge is 0.278 e. The largest absolute Gasteiger partial charge is 0.497 e. The first kappa shape index (κ1) is 18.4. The Morgan fingerprint density at radius 3 is 2.44 bits per heavy atom. The molecule has 3 aromatic carbocycles. The zero-order valence-electron chi connectivity index (χ0n) is 15.7. The molecule has 1 amide bonds. The van der Waals surface area contributed by atoms with Crippen molar-refractivity contribution in [2.24, 2.45) is 5.10 Å². The third-order valence-electron chi connectivity index (χ3n) is 4.21. The molecule has 136 valence electrons. The van der Waals surface area contributed by atoms with Crippen molar-refractivity contribution in [1.29, 1.82) is 0 Å². The molecule has 0 radical (unpaired) electrons. The summed E-state index contributed by atoms with van der Waals surface area (Å²) in [5.74, 6) is 0.563. The van der Waals surface area contributed by atoms with Gasteiger partial charge in [0.2, 0.25) is 0 Å². The van der Waals surface area contributed by atoms with Crippen molar-refractivity contribution in [3.05, 3.63) is 95.1 Å². The van der Waals surface area contributed by atoms with E-state index in [2.05, 4.69) is 5.10 Å². The van der Waals surface area contributed by atoms with Gasteiger partial charge in [-0.2, -0.15) is 10.1 Å². The average molecular weight is 358 g/mol. The Hall–Kier alpha value is -3.40. The number of carbonyl (C=O) groups excluding carboxylic acids is 1. The second-order valence-corrected chi connectivity index (χ2v) is 6.29. The maximum Gasteiger partial charge on any atom is 0.278 e. The molecule has 0 spiro atoms. The lowest BCUT2D eigenvalue weighted by Gasteiger charge is -2.20. The number of rotatable bonds is 5. The topological polar surface area (TPSA) is 41.9 Å². The molecule has 0 aliphatic heterocycles. The molecule has 3 aromatic rings. The van der Waals surface area contributed by atoms with Crippen LogP contribution in [0.25, 0.3) is 0 Å². The fourth-order valence-electron chi connectivity index (χ4n) is 2.82. The lowest BCUT2D eigenvalue weighted by molar-refractivity contribution is 0.0987. The summed E-state index contributed by atoms with van der Waals surface area (Å²) in [6, 6.07) is 22.7. The van der Waals surface area contributed by atoms with Crippen LogP contribution >= 0.6 is 0 Å². The van der Waals surface area contributed by atoms with Crippen LogP contribution in [-0.2, 0) is 0 Å². The van der Waals surface area contributed by atoms with E-state index < -0.39 is 0 Å². The highest BCUT2D eigenvalue weighted by Crippen LogP contribution is 2.24. The Morgan fingerprint density at radius 2 is 1.74 bits per heavy atom. The third-order valence-corrected chi connectivity index (χ3v) is 4.21. The van der Waals surface area contributed by atoms with Crippen molar-refractivity contribution in [2.45, 2.75) is 13.8 Å². The van der Waals surface area contributed by atoms with Gasteiger partial charge >= 0.3 is 0 Å². The molecule has 4 nitrogen and oxygen atoms in total. The van der Waals surface area contributed by atoms with Gasteiger partial charge in [0.15, 0.2) is 0 Å². The van der Waals surface area contributed by atoms with Crippen LogP contribution in [0, 0.1) is 13.8 Å². The van der Waals surface area contributed by atoms with Gasteiger partial charge in [-0.25, -0.2) is 0 Å². The van der Waals surface area contributed by atoms with E-state index in [0.29, 0.717) is 5.56 Å². The number of ether oxygens (including phenoxy) is 1. The first-order valence-corrected chi connectivity index (χ1v) is 8.73. The molecule has 0 atom stereocenters. The highest BCUT2D eigenvalue weighted by Gasteiger charge is 2.18. The van der Waals surface area contributed by atoms with E-state index >= 15 is 0 Å². The number of hydrogen-bond donors (Lipinski definition) is 0. The molecule has 0 saturated carbocycles. The first-order valence-electron chi connectivity index (χ1n) is 8.73. The van der Waals surface area contributed by atoms with Gasteiger partial charge < -0.3 is 4.74 Å². The average Bonchev–Trinajstić information content (AvgIpc) is 2.70. The number of methoxy groups -OCH3 is 1. The van der Waals surface area contributed by atoms with Gasteiger partial charge in [0, 0.05) is 5.56 Å². The normalized spacial score (nSPS) is 10.8. The van der Waals surface area contributed by atoms with Crippen molar-refractivity contribution in [1.82, 2.24) is 0 Å². The Balaban J connectivity index is 2.01. The Labute approximate surface area is 159 Å². The number of anilines is 1. The van der Waals surface area contributed by atoms with E-state index in [-0.39, 0.29) is 5.91 Å². The summed E-state index contributed by atoms with van der Waals surface area (Å²) >= 11 is 0. The van der Waals surface area contributed by atoms with Crippen molar-refractivity contribution in [2.75, 3.05) is 12.1 Å². The number of hydrazone groups is 1. The maximum atomic E-state index is 13.1. The highest BCUT2D eigenvalue weighted by atomic mass is 16.5. The van der Waals surface area contributed by atoms with E-state index in [4.69, 9.17) is 4.74 Å². The maximum absolute atomic E-state index is 13.1. The molecule has 4 heteroatoms. The summed E-state index contributed by atoms with van der Waals surface area (Å²) in [7, 11) is 1.62. The summed E-state index contributed by atoms with van der Waals surface area (Å²) in [4.78, 5) is 13.1. The minimum atomic E-state index is -0.179. The van der Waals surface area contributed by atoms with E-state index in [1.165, 1.54) is 5.01 Å². The Morgan fingerprint density at radius 1 is 0.963 bits per heavy atom. The van der Waals surface area contributed by atoms with E-state index in [1.54, 1.807) is 25.5 Å². The Kier molecular flexibility index (Phi) is 5.67.